The number of hydrogen-bond acceptors (Lipinski definition) is 7. The van der Waals surface area contributed by atoms with Crippen LogP contribution >= 0.6 is 0 Å². The Morgan fingerprint density at radius 1 is 1.27 bits per heavy atom. The first kappa shape index (κ1) is 13.3. The first-order valence-electron chi connectivity index (χ1n) is 7.63. The van der Waals surface area contributed by atoms with Crippen molar-refractivity contribution in [1.29, 1.82) is 0 Å². The number of rotatable bonds is 1. The van der Waals surface area contributed by atoms with Gasteiger partial charge in [0.25, 0.3) is 0 Å². The lowest BCUT2D eigenvalue weighted by Crippen LogP contribution is -2.68. The van der Waals surface area contributed by atoms with Gasteiger partial charge in [0.05, 0.1) is 22.5 Å². The third-order valence-corrected chi connectivity index (χ3v) is 6.85. The van der Waals surface area contributed by atoms with E-state index in [2.05, 4.69) is 0 Å². The number of aliphatic hydroxyl groups is 2. The molecule has 7 nitrogen and oxygen atoms in total. The molecular formula is C15H18O7. The van der Waals surface area contributed by atoms with Crippen LogP contribution in [0.2, 0.25) is 0 Å². The summed E-state index contributed by atoms with van der Waals surface area (Å²) >= 11 is 0. The molecule has 22 heavy (non-hydrogen) atoms. The highest BCUT2D eigenvalue weighted by atomic mass is 16.7. The van der Waals surface area contributed by atoms with Crippen LogP contribution in [0.15, 0.2) is 0 Å². The van der Waals surface area contributed by atoms with Gasteiger partial charge in [-0.25, -0.2) is 4.79 Å². The van der Waals surface area contributed by atoms with E-state index < -0.39 is 64.3 Å². The Kier molecular flexibility index (Phi) is 1.85. The van der Waals surface area contributed by atoms with Crippen LogP contribution in [0.25, 0.3) is 0 Å². The van der Waals surface area contributed by atoms with Gasteiger partial charge in [0.2, 0.25) is 5.60 Å². The Labute approximate surface area is 126 Å². The van der Waals surface area contributed by atoms with Crippen LogP contribution in [0, 0.1) is 17.3 Å². The van der Waals surface area contributed by atoms with E-state index in [0.29, 0.717) is 0 Å². The number of carbonyl (C=O) groups excluding carboxylic acids is 2. The monoisotopic (exact) mass is 310 g/mol. The Morgan fingerprint density at radius 2 is 1.95 bits per heavy atom. The molecule has 0 amide bonds. The molecule has 2 bridgehead atoms. The summed E-state index contributed by atoms with van der Waals surface area (Å²) in [7, 11) is 0. The molecule has 5 fully saturated rings. The van der Waals surface area contributed by atoms with E-state index in [1.807, 2.05) is 0 Å². The summed E-state index contributed by atoms with van der Waals surface area (Å²) in [6, 6.07) is 0. The van der Waals surface area contributed by atoms with Gasteiger partial charge in [-0.1, -0.05) is 0 Å². The van der Waals surface area contributed by atoms with Crippen molar-refractivity contribution >= 4 is 11.9 Å². The maximum Gasteiger partial charge on any atom is 0.342 e. The summed E-state index contributed by atoms with van der Waals surface area (Å²) in [6.45, 7) is 4.92. The molecule has 2 aliphatic carbocycles. The van der Waals surface area contributed by atoms with Crippen molar-refractivity contribution in [2.75, 3.05) is 0 Å². The summed E-state index contributed by atoms with van der Waals surface area (Å²) in [4.78, 5) is 24.8. The zero-order valence-corrected chi connectivity index (χ0v) is 12.5. The molecule has 1 spiro atoms. The normalized spacial score (nSPS) is 60.7. The zero-order valence-electron chi connectivity index (χ0n) is 12.5. The standard InChI is InChI=1S/C15H18O7/c1-12(2,18)6-7-10(16)20-8(6)9-13(3)14(7,19)4-5-15(13,22-5)11(17)21-9/h5-9,18-19H,4H2,1-3H3/t5-,6-,7-,8-,9+,13+,14+,15-/m0/s1. The topological polar surface area (TPSA) is 106 Å². The third kappa shape index (κ3) is 0.962. The lowest BCUT2D eigenvalue weighted by atomic mass is 9.52. The Balaban J connectivity index is 1.76. The molecule has 0 unspecified atom stereocenters. The van der Waals surface area contributed by atoms with Crippen molar-refractivity contribution in [3.63, 3.8) is 0 Å². The molecule has 2 N–H and O–H groups in total. The van der Waals surface area contributed by atoms with Crippen LogP contribution in [0.3, 0.4) is 0 Å². The van der Waals surface area contributed by atoms with Gasteiger partial charge in [0.1, 0.15) is 12.2 Å². The first-order valence-corrected chi connectivity index (χ1v) is 7.63. The van der Waals surface area contributed by atoms with Crippen LogP contribution in [0.4, 0.5) is 0 Å². The van der Waals surface area contributed by atoms with Gasteiger partial charge in [-0.05, 0) is 20.8 Å². The second kappa shape index (κ2) is 3.07. The van der Waals surface area contributed by atoms with E-state index in [4.69, 9.17) is 14.2 Å². The summed E-state index contributed by atoms with van der Waals surface area (Å²) in [5.74, 6) is -2.51. The van der Waals surface area contributed by atoms with Crippen molar-refractivity contribution < 1.29 is 34.0 Å². The van der Waals surface area contributed by atoms with Crippen LogP contribution in [0.1, 0.15) is 27.2 Å². The molecule has 3 aliphatic heterocycles. The van der Waals surface area contributed by atoms with Gasteiger partial charge in [0.15, 0.2) is 6.10 Å². The molecule has 0 aromatic carbocycles. The van der Waals surface area contributed by atoms with Gasteiger partial charge in [-0.3, -0.25) is 4.79 Å². The molecule has 120 valence electrons. The highest BCUT2D eigenvalue weighted by Crippen LogP contribution is 2.77. The predicted octanol–water partition coefficient (Wildman–Crippen LogP) is -0.867. The number of carbonyl (C=O) groups is 2. The SMILES string of the molecule is CC(C)(O)[C@@H]1[C@@H]2OC(=O)[C@H]1[C@]1(O)C[C@@H]3O[C@]34C(=O)O[C@H]2[C@]14C. The molecule has 2 saturated carbocycles. The minimum atomic E-state index is -1.47. The van der Waals surface area contributed by atoms with E-state index in [0.717, 1.165) is 0 Å². The summed E-state index contributed by atoms with van der Waals surface area (Å²) < 4.78 is 16.5. The number of esters is 2. The van der Waals surface area contributed by atoms with Gasteiger partial charge in [0, 0.05) is 12.3 Å². The van der Waals surface area contributed by atoms with E-state index in [9.17, 15) is 19.8 Å². The summed E-state index contributed by atoms with van der Waals surface area (Å²) in [6.07, 6.45) is -1.78. The lowest BCUT2D eigenvalue weighted by molar-refractivity contribution is -0.223. The molecule has 0 radical (unpaired) electrons. The molecule has 3 heterocycles. The van der Waals surface area contributed by atoms with Crippen molar-refractivity contribution in [2.24, 2.45) is 17.3 Å². The van der Waals surface area contributed by atoms with E-state index in [1.54, 1.807) is 20.8 Å². The number of ether oxygens (including phenoxy) is 3. The Morgan fingerprint density at radius 3 is 2.59 bits per heavy atom. The fourth-order valence-corrected chi connectivity index (χ4v) is 5.83. The van der Waals surface area contributed by atoms with Crippen molar-refractivity contribution in [1.82, 2.24) is 0 Å². The summed E-state index contributed by atoms with van der Waals surface area (Å²) in [5.41, 5.74) is -4.89. The average molecular weight is 310 g/mol. The zero-order chi connectivity index (χ0) is 15.9. The number of hydrogen-bond donors (Lipinski definition) is 2. The molecule has 0 aromatic rings. The van der Waals surface area contributed by atoms with Crippen LogP contribution in [-0.4, -0.2) is 57.3 Å². The quantitative estimate of drug-likeness (QED) is 0.479. The Hall–Kier alpha value is -1.18. The molecule has 5 aliphatic rings. The molecular weight excluding hydrogens is 292 g/mol. The maximum atomic E-state index is 12.4. The van der Waals surface area contributed by atoms with Crippen molar-refractivity contribution in [2.45, 2.75) is 62.3 Å². The molecule has 8 atom stereocenters. The third-order valence-electron chi connectivity index (χ3n) is 6.85. The van der Waals surface area contributed by atoms with Gasteiger partial charge in [-0.2, -0.15) is 0 Å². The van der Waals surface area contributed by atoms with Crippen molar-refractivity contribution in [3.05, 3.63) is 0 Å². The van der Waals surface area contributed by atoms with Crippen molar-refractivity contribution in [3.8, 4) is 0 Å². The predicted molar refractivity (Wildman–Crippen MR) is 68.3 cm³/mol. The second-order valence-electron chi connectivity index (χ2n) is 8.06. The van der Waals surface area contributed by atoms with Gasteiger partial charge in [-0.15, -0.1) is 0 Å². The smallest absolute Gasteiger partial charge is 0.342 e. The van der Waals surface area contributed by atoms with E-state index in [-0.39, 0.29) is 6.42 Å². The number of epoxide rings is 1. The van der Waals surface area contributed by atoms with E-state index in [1.165, 1.54) is 0 Å². The molecule has 3 saturated heterocycles. The van der Waals surface area contributed by atoms with Crippen LogP contribution < -0.4 is 0 Å². The van der Waals surface area contributed by atoms with Crippen LogP contribution in [-0.2, 0) is 23.8 Å². The molecule has 5 rings (SSSR count). The minimum absolute atomic E-state index is 0.189. The fourth-order valence-electron chi connectivity index (χ4n) is 5.83. The number of fused-ring (bicyclic) bond motifs is 4. The lowest BCUT2D eigenvalue weighted by Gasteiger charge is -2.53. The molecule has 0 aromatic heterocycles. The highest BCUT2D eigenvalue weighted by molar-refractivity contribution is 5.91. The van der Waals surface area contributed by atoms with Crippen LogP contribution in [0.5, 0.6) is 0 Å². The molecule has 7 heteroatoms. The van der Waals surface area contributed by atoms with Gasteiger partial charge >= 0.3 is 11.9 Å². The Bertz CT molecular complexity index is 638. The summed E-state index contributed by atoms with van der Waals surface area (Å²) in [5, 5.41) is 21.9. The minimum Gasteiger partial charge on any atom is -0.458 e. The fraction of sp³-hybridized carbons (Fsp3) is 0.867. The van der Waals surface area contributed by atoms with Gasteiger partial charge < -0.3 is 24.4 Å². The first-order chi connectivity index (χ1) is 10.1. The van der Waals surface area contributed by atoms with E-state index >= 15 is 0 Å². The average Bonchev–Trinajstić information content (AvgIpc) is 2.85. The largest absolute Gasteiger partial charge is 0.458 e. The second-order valence-corrected chi connectivity index (χ2v) is 8.06. The maximum absolute atomic E-state index is 12.4. The highest BCUT2D eigenvalue weighted by Gasteiger charge is 2.95.